The molecule has 0 aromatic carbocycles. The van der Waals surface area contributed by atoms with Crippen LogP contribution < -0.4 is 5.32 Å². The maximum atomic E-state index is 11.3. The topological polar surface area (TPSA) is 49.4 Å². The van der Waals surface area contributed by atoms with E-state index in [9.17, 15) is 9.59 Å². The first-order chi connectivity index (χ1) is 6.24. The third-order valence-electron chi connectivity index (χ3n) is 2.75. The normalized spacial score (nSPS) is 32.2. The number of imide groups is 1. The average Bonchev–Trinajstić information content (AvgIpc) is 2.74. The molecule has 0 spiro atoms. The smallest absolute Gasteiger partial charge is 0.324 e. The Morgan fingerprint density at radius 2 is 2.31 bits per heavy atom. The van der Waals surface area contributed by atoms with Gasteiger partial charge in [-0.1, -0.05) is 13.3 Å². The summed E-state index contributed by atoms with van der Waals surface area (Å²) in [6, 6.07) is 0.00329. The zero-order valence-corrected chi connectivity index (χ0v) is 7.75. The Morgan fingerprint density at radius 3 is 2.85 bits per heavy atom. The van der Waals surface area contributed by atoms with Crippen LogP contribution in [0.2, 0.25) is 0 Å². The predicted octanol–water partition coefficient (Wildman–Crippen LogP) is 0.727. The fraction of sp³-hybridized carbons (Fsp3) is 0.778. The Balaban J connectivity index is 1.95. The highest BCUT2D eigenvalue weighted by atomic mass is 16.2. The standard InChI is InChI=1S/C9H14N2O2/c1-2-3-6-4-7(6)11-8(12)5-10-9(11)13/h6-7H,2-5H2,1H3,(H,10,13). The first-order valence-corrected chi connectivity index (χ1v) is 4.84. The van der Waals surface area contributed by atoms with Crippen LogP contribution in [0.3, 0.4) is 0 Å². The van der Waals surface area contributed by atoms with Gasteiger partial charge in [-0.2, -0.15) is 0 Å². The van der Waals surface area contributed by atoms with Crippen LogP contribution in [0.4, 0.5) is 4.79 Å². The molecule has 1 N–H and O–H groups in total. The number of nitrogens with one attached hydrogen (secondary N) is 1. The van der Waals surface area contributed by atoms with E-state index in [4.69, 9.17) is 0 Å². The van der Waals surface area contributed by atoms with E-state index in [-0.39, 0.29) is 24.5 Å². The van der Waals surface area contributed by atoms with Crippen molar-refractivity contribution in [2.24, 2.45) is 5.92 Å². The van der Waals surface area contributed by atoms with Gasteiger partial charge in [0.2, 0.25) is 5.91 Å². The molecule has 4 heteroatoms. The van der Waals surface area contributed by atoms with Gasteiger partial charge in [0.05, 0.1) is 6.54 Å². The van der Waals surface area contributed by atoms with Crippen molar-refractivity contribution in [2.45, 2.75) is 32.2 Å². The molecule has 72 valence electrons. The van der Waals surface area contributed by atoms with E-state index in [0.29, 0.717) is 5.92 Å². The number of carbonyl (C=O) groups excluding carboxylic acids is 2. The van der Waals surface area contributed by atoms with Gasteiger partial charge in [0.15, 0.2) is 0 Å². The average molecular weight is 182 g/mol. The third-order valence-corrected chi connectivity index (χ3v) is 2.75. The van der Waals surface area contributed by atoms with Gasteiger partial charge >= 0.3 is 6.03 Å². The minimum atomic E-state index is -0.200. The molecule has 1 aliphatic heterocycles. The molecule has 0 aromatic rings. The van der Waals surface area contributed by atoms with Crippen molar-refractivity contribution >= 4 is 11.9 Å². The van der Waals surface area contributed by atoms with Crippen LogP contribution in [0.25, 0.3) is 0 Å². The van der Waals surface area contributed by atoms with Crippen LogP contribution in [0, 0.1) is 5.92 Å². The summed E-state index contributed by atoms with van der Waals surface area (Å²) in [5.74, 6) is 0.506. The van der Waals surface area contributed by atoms with E-state index in [2.05, 4.69) is 12.2 Å². The molecule has 3 amide bonds. The van der Waals surface area contributed by atoms with Gasteiger partial charge in [0.1, 0.15) is 0 Å². The van der Waals surface area contributed by atoms with Gasteiger partial charge in [0, 0.05) is 6.04 Å². The van der Waals surface area contributed by atoms with Crippen molar-refractivity contribution in [3.05, 3.63) is 0 Å². The van der Waals surface area contributed by atoms with Gasteiger partial charge in [-0.15, -0.1) is 0 Å². The largest absolute Gasteiger partial charge is 0.329 e. The van der Waals surface area contributed by atoms with E-state index in [0.717, 1.165) is 19.3 Å². The number of nitrogens with zero attached hydrogens (tertiary/aromatic N) is 1. The summed E-state index contributed by atoms with van der Waals surface area (Å²) in [6.07, 6.45) is 3.26. The first-order valence-electron chi connectivity index (χ1n) is 4.84. The molecule has 0 bridgehead atoms. The van der Waals surface area contributed by atoms with Crippen molar-refractivity contribution in [3.63, 3.8) is 0 Å². The lowest BCUT2D eigenvalue weighted by molar-refractivity contribution is -0.125. The molecule has 1 heterocycles. The van der Waals surface area contributed by atoms with E-state index in [1.807, 2.05) is 0 Å². The minimum absolute atomic E-state index is 0.0615. The Bertz CT molecular complexity index is 236. The predicted molar refractivity (Wildman–Crippen MR) is 47.0 cm³/mol. The second-order valence-electron chi connectivity index (χ2n) is 3.77. The summed E-state index contributed by atoms with van der Waals surface area (Å²) in [7, 11) is 0. The van der Waals surface area contributed by atoms with Crippen LogP contribution in [-0.2, 0) is 4.79 Å². The molecule has 0 radical (unpaired) electrons. The first kappa shape index (κ1) is 8.53. The molecule has 1 saturated carbocycles. The maximum absolute atomic E-state index is 11.3. The number of hydrogen-bond donors (Lipinski definition) is 1. The minimum Gasteiger partial charge on any atom is -0.329 e. The lowest BCUT2D eigenvalue weighted by atomic mass is 10.2. The van der Waals surface area contributed by atoms with Crippen molar-refractivity contribution in [1.82, 2.24) is 10.2 Å². The molecule has 2 fully saturated rings. The molecule has 1 aliphatic carbocycles. The number of urea groups is 1. The lowest BCUT2D eigenvalue weighted by Gasteiger charge is -2.11. The highest BCUT2D eigenvalue weighted by Crippen LogP contribution is 2.39. The summed E-state index contributed by atoms with van der Waals surface area (Å²) in [4.78, 5) is 23.9. The summed E-state index contributed by atoms with van der Waals surface area (Å²) in [5, 5.41) is 2.54. The third kappa shape index (κ3) is 1.41. The highest BCUT2D eigenvalue weighted by Gasteiger charge is 2.47. The van der Waals surface area contributed by atoms with Gasteiger partial charge < -0.3 is 5.32 Å². The molecule has 2 rings (SSSR count). The highest BCUT2D eigenvalue weighted by molar-refractivity contribution is 6.02. The molecule has 1 saturated heterocycles. The Kier molecular flexibility index (Phi) is 1.98. The van der Waals surface area contributed by atoms with Crippen molar-refractivity contribution < 1.29 is 9.59 Å². The summed E-state index contributed by atoms with van der Waals surface area (Å²) in [6.45, 7) is 2.31. The van der Waals surface area contributed by atoms with E-state index < -0.39 is 0 Å². The fourth-order valence-corrected chi connectivity index (χ4v) is 2.00. The Labute approximate surface area is 77.3 Å². The maximum Gasteiger partial charge on any atom is 0.324 e. The Hall–Kier alpha value is -1.06. The molecule has 2 aliphatic rings. The zero-order valence-electron chi connectivity index (χ0n) is 7.75. The summed E-state index contributed by atoms with van der Waals surface area (Å²) in [5.41, 5.74) is 0. The van der Waals surface area contributed by atoms with Crippen LogP contribution in [-0.4, -0.2) is 29.4 Å². The second kappa shape index (κ2) is 3.01. The Morgan fingerprint density at radius 1 is 1.54 bits per heavy atom. The number of hydrogen-bond acceptors (Lipinski definition) is 2. The summed E-state index contributed by atoms with van der Waals surface area (Å²) >= 11 is 0. The van der Waals surface area contributed by atoms with Crippen molar-refractivity contribution in [2.75, 3.05) is 6.54 Å². The van der Waals surface area contributed by atoms with E-state index >= 15 is 0 Å². The quantitative estimate of drug-likeness (QED) is 0.654. The molecule has 0 aromatic heterocycles. The number of rotatable bonds is 3. The van der Waals surface area contributed by atoms with Crippen molar-refractivity contribution in [1.29, 1.82) is 0 Å². The number of carbonyl (C=O) groups is 2. The van der Waals surface area contributed by atoms with Gasteiger partial charge in [-0.3, -0.25) is 9.69 Å². The molecule has 4 nitrogen and oxygen atoms in total. The SMILES string of the molecule is CCCC1CC1N1C(=O)CNC1=O. The van der Waals surface area contributed by atoms with Gasteiger partial charge in [-0.05, 0) is 18.8 Å². The molecule has 2 atom stereocenters. The molecular formula is C9H14N2O2. The fourth-order valence-electron chi connectivity index (χ4n) is 2.00. The van der Waals surface area contributed by atoms with Crippen LogP contribution in [0.15, 0.2) is 0 Å². The van der Waals surface area contributed by atoms with E-state index in [1.165, 1.54) is 4.90 Å². The second-order valence-corrected chi connectivity index (χ2v) is 3.77. The molecule has 2 unspecified atom stereocenters. The molecular weight excluding hydrogens is 168 g/mol. The van der Waals surface area contributed by atoms with Gasteiger partial charge in [-0.25, -0.2) is 4.79 Å². The lowest BCUT2D eigenvalue weighted by Crippen LogP contribution is -2.34. The number of amides is 3. The van der Waals surface area contributed by atoms with Crippen LogP contribution in [0.1, 0.15) is 26.2 Å². The summed E-state index contributed by atoms with van der Waals surface area (Å²) < 4.78 is 0. The van der Waals surface area contributed by atoms with Crippen LogP contribution >= 0.6 is 0 Å². The van der Waals surface area contributed by atoms with Crippen molar-refractivity contribution in [3.8, 4) is 0 Å². The van der Waals surface area contributed by atoms with E-state index in [1.54, 1.807) is 0 Å². The van der Waals surface area contributed by atoms with Crippen LogP contribution in [0.5, 0.6) is 0 Å². The van der Waals surface area contributed by atoms with Gasteiger partial charge in [0.25, 0.3) is 0 Å². The molecule has 13 heavy (non-hydrogen) atoms. The monoisotopic (exact) mass is 182 g/mol. The zero-order chi connectivity index (χ0) is 9.42.